The standard InChI is InChI=1S/C26H40N2O4/c1-18(2)21(32-28-24(3,4)15-12-16-25(28,5)6)22(29)27-20(26(7,8)31-23(27)30)17-19-13-10-9-11-14-19/h9-11,13-14,18,20-21H,12,15-17H2,1-8H3/t20-,21?/m0/s1. The lowest BCUT2D eigenvalue weighted by Crippen LogP contribution is -2.61. The minimum Gasteiger partial charge on any atom is -0.441 e. The Hall–Kier alpha value is -1.92. The summed E-state index contributed by atoms with van der Waals surface area (Å²) in [5, 5.41) is 2.00. The van der Waals surface area contributed by atoms with Crippen molar-refractivity contribution in [2.75, 3.05) is 0 Å². The van der Waals surface area contributed by atoms with Crippen molar-refractivity contribution < 1.29 is 19.2 Å². The Kier molecular flexibility index (Phi) is 6.79. The molecule has 2 saturated heterocycles. The zero-order valence-corrected chi connectivity index (χ0v) is 21.0. The first-order chi connectivity index (χ1) is 14.8. The monoisotopic (exact) mass is 444 g/mol. The van der Waals surface area contributed by atoms with Crippen LogP contribution < -0.4 is 0 Å². The van der Waals surface area contributed by atoms with Crippen molar-refractivity contribution in [3.63, 3.8) is 0 Å². The summed E-state index contributed by atoms with van der Waals surface area (Å²) in [6, 6.07) is 9.50. The maximum Gasteiger partial charge on any atom is 0.417 e. The molecule has 32 heavy (non-hydrogen) atoms. The van der Waals surface area contributed by atoms with Gasteiger partial charge in [-0.25, -0.2) is 9.69 Å². The summed E-state index contributed by atoms with van der Waals surface area (Å²) in [4.78, 5) is 34.6. The highest BCUT2D eigenvalue weighted by Crippen LogP contribution is 2.40. The average Bonchev–Trinajstić information content (AvgIpc) is 2.88. The van der Waals surface area contributed by atoms with E-state index < -0.39 is 23.8 Å². The quantitative estimate of drug-likeness (QED) is 0.592. The molecule has 6 heteroatoms. The van der Waals surface area contributed by atoms with Gasteiger partial charge in [0.2, 0.25) is 0 Å². The number of hydroxylamine groups is 2. The van der Waals surface area contributed by atoms with Crippen molar-refractivity contribution in [3.05, 3.63) is 35.9 Å². The van der Waals surface area contributed by atoms with Gasteiger partial charge >= 0.3 is 6.09 Å². The average molecular weight is 445 g/mol. The van der Waals surface area contributed by atoms with Crippen LogP contribution in [0.1, 0.15) is 80.2 Å². The topological polar surface area (TPSA) is 59.1 Å². The van der Waals surface area contributed by atoms with E-state index in [9.17, 15) is 9.59 Å². The Morgan fingerprint density at radius 3 is 2.16 bits per heavy atom. The fourth-order valence-corrected chi connectivity index (χ4v) is 5.16. The molecular formula is C26H40N2O4. The van der Waals surface area contributed by atoms with Gasteiger partial charge in [-0.2, -0.15) is 5.06 Å². The Labute approximate surface area is 193 Å². The number of benzene rings is 1. The van der Waals surface area contributed by atoms with E-state index in [2.05, 4.69) is 27.7 Å². The van der Waals surface area contributed by atoms with Gasteiger partial charge in [0.1, 0.15) is 5.60 Å². The fraction of sp³-hybridized carbons (Fsp3) is 0.692. The van der Waals surface area contributed by atoms with Crippen molar-refractivity contribution in [3.8, 4) is 0 Å². The largest absolute Gasteiger partial charge is 0.441 e. The van der Waals surface area contributed by atoms with Crippen LogP contribution in [-0.2, 0) is 20.8 Å². The van der Waals surface area contributed by atoms with Crippen LogP contribution >= 0.6 is 0 Å². The van der Waals surface area contributed by atoms with Crippen LogP contribution in [0.25, 0.3) is 0 Å². The van der Waals surface area contributed by atoms with Crippen LogP contribution in [-0.4, -0.2) is 50.8 Å². The first-order valence-corrected chi connectivity index (χ1v) is 11.8. The highest BCUT2D eigenvalue weighted by molar-refractivity contribution is 5.96. The molecule has 1 aromatic rings. The lowest BCUT2D eigenvalue weighted by molar-refractivity contribution is -0.305. The van der Waals surface area contributed by atoms with Gasteiger partial charge in [-0.1, -0.05) is 44.2 Å². The number of hydrogen-bond donors (Lipinski definition) is 0. The van der Waals surface area contributed by atoms with Crippen molar-refractivity contribution in [2.45, 2.75) is 110 Å². The molecule has 0 radical (unpaired) electrons. The minimum absolute atomic E-state index is 0.107. The molecule has 2 aliphatic rings. The number of carbonyl (C=O) groups excluding carboxylic acids is 2. The fourth-order valence-electron chi connectivity index (χ4n) is 5.16. The van der Waals surface area contributed by atoms with E-state index in [1.54, 1.807) is 0 Å². The lowest BCUT2D eigenvalue weighted by atomic mass is 9.82. The van der Waals surface area contributed by atoms with Crippen molar-refractivity contribution in [2.24, 2.45) is 5.92 Å². The Bertz CT molecular complexity index is 815. The number of hydrogen-bond acceptors (Lipinski definition) is 5. The van der Waals surface area contributed by atoms with E-state index in [0.29, 0.717) is 6.42 Å². The Balaban J connectivity index is 1.90. The van der Waals surface area contributed by atoms with E-state index in [0.717, 1.165) is 24.8 Å². The number of amides is 2. The Morgan fingerprint density at radius 2 is 1.62 bits per heavy atom. The van der Waals surface area contributed by atoms with Crippen LogP contribution in [0, 0.1) is 5.92 Å². The van der Waals surface area contributed by atoms with Gasteiger partial charge in [0.15, 0.2) is 6.10 Å². The van der Waals surface area contributed by atoms with Crippen LogP contribution in [0.4, 0.5) is 4.79 Å². The highest BCUT2D eigenvalue weighted by atomic mass is 16.7. The molecule has 1 unspecified atom stereocenters. The summed E-state index contributed by atoms with van der Waals surface area (Å²) in [5.74, 6) is -0.432. The second kappa shape index (κ2) is 8.79. The summed E-state index contributed by atoms with van der Waals surface area (Å²) in [6.45, 7) is 16.3. The van der Waals surface area contributed by atoms with Crippen LogP contribution in [0.5, 0.6) is 0 Å². The molecule has 0 saturated carbocycles. The zero-order chi connectivity index (χ0) is 23.9. The predicted octanol–water partition coefficient (Wildman–Crippen LogP) is 5.35. The van der Waals surface area contributed by atoms with Crippen LogP contribution in [0.15, 0.2) is 30.3 Å². The first kappa shape index (κ1) is 24.7. The van der Waals surface area contributed by atoms with Crippen molar-refractivity contribution >= 4 is 12.0 Å². The summed E-state index contributed by atoms with van der Waals surface area (Å²) in [6.07, 6.45) is 2.28. The van der Waals surface area contributed by atoms with E-state index in [1.165, 1.54) is 4.90 Å². The summed E-state index contributed by atoms with van der Waals surface area (Å²) >= 11 is 0. The van der Waals surface area contributed by atoms with Gasteiger partial charge < -0.3 is 4.74 Å². The van der Waals surface area contributed by atoms with E-state index in [-0.39, 0.29) is 22.9 Å². The van der Waals surface area contributed by atoms with E-state index >= 15 is 0 Å². The van der Waals surface area contributed by atoms with Crippen molar-refractivity contribution in [1.29, 1.82) is 0 Å². The van der Waals surface area contributed by atoms with Gasteiger partial charge in [-0.15, -0.1) is 0 Å². The SMILES string of the molecule is CC(C)C(ON1C(C)(C)CCCC1(C)C)C(=O)N1C(=O)OC(C)(C)[C@@H]1Cc1ccccc1. The molecule has 0 aliphatic carbocycles. The van der Waals surface area contributed by atoms with Crippen LogP contribution in [0.2, 0.25) is 0 Å². The summed E-state index contributed by atoms with van der Waals surface area (Å²) < 4.78 is 5.67. The van der Waals surface area contributed by atoms with Crippen LogP contribution in [0.3, 0.4) is 0 Å². The van der Waals surface area contributed by atoms with E-state index in [1.807, 2.05) is 63.1 Å². The molecule has 0 N–H and O–H groups in total. The molecule has 2 atom stereocenters. The maximum atomic E-state index is 13.9. The number of nitrogens with zero attached hydrogens (tertiary/aromatic N) is 2. The molecule has 0 bridgehead atoms. The predicted molar refractivity (Wildman–Crippen MR) is 125 cm³/mol. The van der Waals surface area contributed by atoms with Gasteiger partial charge in [-0.3, -0.25) is 9.63 Å². The normalized spacial score (nSPS) is 25.6. The molecule has 6 nitrogen and oxygen atoms in total. The number of imide groups is 1. The number of carbonyl (C=O) groups is 2. The second-order valence-corrected chi connectivity index (χ2v) is 11.4. The zero-order valence-electron chi connectivity index (χ0n) is 21.0. The second-order valence-electron chi connectivity index (χ2n) is 11.4. The van der Waals surface area contributed by atoms with Crippen molar-refractivity contribution in [1.82, 2.24) is 9.96 Å². The molecule has 178 valence electrons. The molecule has 1 aromatic carbocycles. The molecule has 0 aromatic heterocycles. The lowest BCUT2D eigenvalue weighted by Gasteiger charge is -2.52. The number of ether oxygens (including phenoxy) is 1. The molecule has 2 amide bonds. The molecule has 3 rings (SSSR count). The minimum atomic E-state index is -0.784. The van der Waals surface area contributed by atoms with Gasteiger partial charge in [0, 0.05) is 11.1 Å². The smallest absolute Gasteiger partial charge is 0.417 e. The molecule has 2 aliphatic heterocycles. The molecule has 0 spiro atoms. The van der Waals surface area contributed by atoms with Gasteiger partial charge in [0.25, 0.3) is 5.91 Å². The highest BCUT2D eigenvalue weighted by Gasteiger charge is 2.53. The maximum absolute atomic E-state index is 13.9. The number of rotatable bonds is 6. The Morgan fingerprint density at radius 1 is 1.06 bits per heavy atom. The molecule has 2 heterocycles. The van der Waals surface area contributed by atoms with Gasteiger partial charge in [-0.05, 0) is 78.7 Å². The third-order valence-corrected chi connectivity index (χ3v) is 6.92. The molecular weight excluding hydrogens is 404 g/mol. The first-order valence-electron chi connectivity index (χ1n) is 11.8. The number of cyclic esters (lactones) is 1. The van der Waals surface area contributed by atoms with Gasteiger partial charge in [0.05, 0.1) is 6.04 Å². The summed E-state index contributed by atoms with van der Waals surface area (Å²) in [5.41, 5.74) is -0.136. The number of piperidine rings is 1. The summed E-state index contributed by atoms with van der Waals surface area (Å²) in [7, 11) is 0. The van der Waals surface area contributed by atoms with E-state index in [4.69, 9.17) is 9.57 Å². The third-order valence-electron chi connectivity index (χ3n) is 6.92. The molecule has 2 fully saturated rings. The third kappa shape index (κ3) is 4.86.